The maximum atomic E-state index is 12.0. The van der Waals surface area contributed by atoms with Gasteiger partial charge in [-0.05, 0) is 18.1 Å². The molecule has 3 rings (SSSR count). The van der Waals surface area contributed by atoms with Crippen molar-refractivity contribution in [1.82, 2.24) is 0 Å². The van der Waals surface area contributed by atoms with Gasteiger partial charge in [0.2, 0.25) is 0 Å². The molecule has 1 atom stereocenters. The zero-order chi connectivity index (χ0) is 11.0. The Morgan fingerprint density at radius 2 is 1.94 bits per heavy atom. The molecule has 1 unspecified atom stereocenters. The summed E-state index contributed by atoms with van der Waals surface area (Å²) in [7, 11) is 0. The molecule has 78 valence electrons. The first-order valence-corrected chi connectivity index (χ1v) is 5.49. The van der Waals surface area contributed by atoms with E-state index in [9.17, 15) is 4.79 Å². The lowest BCUT2D eigenvalue weighted by Crippen LogP contribution is -2.28. The van der Waals surface area contributed by atoms with Crippen LogP contribution in [0.3, 0.4) is 0 Å². The summed E-state index contributed by atoms with van der Waals surface area (Å²) in [6, 6.07) is 0. The van der Waals surface area contributed by atoms with Gasteiger partial charge in [-0.3, -0.25) is 4.79 Å². The third-order valence-corrected chi connectivity index (χ3v) is 3.39. The van der Waals surface area contributed by atoms with Gasteiger partial charge >= 0.3 is 0 Å². The molecule has 0 heterocycles. The summed E-state index contributed by atoms with van der Waals surface area (Å²) in [4.78, 5) is 12.0. The molecule has 0 aromatic rings. The smallest absolute Gasteiger partial charge is 0.183 e. The van der Waals surface area contributed by atoms with Crippen LogP contribution < -0.4 is 0 Å². The quantitative estimate of drug-likeness (QED) is 0.598. The van der Waals surface area contributed by atoms with Gasteiger partial charge in [-0.1, -0.05) is 54.7 Å². The van der Waals surface area contributed by atoms with E-state index in [1.807, 2.05) is 36.5 Å². The predicted molar refractivity (Wildman–Crippen MR) is 64.8 cm³/mol. The topological polar surface area (TPSA) is 17.1 Å². The van der Waals surface area contributed by atoms with Crippen molar-refractivity contribution in [2.75, 3.05) is 0 Å². The predicted octanol–water partition coefficient (Wildman–Crippen LogP) is 3.05. The monoisotopic (exact) mass is 208 g/mol. The van der Waals surface area contributed by atoms with Gasteiger partial charge < -0.3 is 0 Å². The van der Waals surface area contributed by atoms with Gasteiger partial charge in [0, 0.05) is 11.0 Å². The lowest BCUT2D eigenvalue weighted by molar-refractivity contribution is -0.112. The summed E-state index contributed by atoms with van der Waals surface area (Å²) < 4.78 is 0. The van der Waals surface area contributed by atoms with Crippen molar-refractivity contribution in [3.8, 4) is 0 Å². The van der Waals surface area contributed by atoms with Crippen LogP contribution in [-0.4, -0.2) is 5.78 Å². The molecule has 0 aromatic carbocycles. The molecule has 0 amide bonds. The molecule has 0 aliphatic heterocycles. The molecule has 0 saturated carbocycles. The third-order valence-electron chi connectivity index (χ3n) is 3.39. The molecular weight excluding hydrogens is 196 g/mol. The zero-order valence-corrected chi connectivity index (χ0v) is 8.89. The second kappa shape index (κ2) is 3.31. The fourth-order valence-corrected chi connectivity index (χ4v) is 2.57. The van der Waals surface area contributed by atoms with Gasteiger partial charge in [0.25, 0.3) is 0 Å². The maximum Gasteiger partial charge on any atom is 0.183 e. The second-order valence-electron chi connectivity index (χ2n) is 4.25. The van der Waals surface area contributed by atoms with Crippen molar-refractivity contribution in [3.63, 3.8) is 0 Å². The lowest BCUT2D eigenvalue weighted by atomic mass is 9.67. The molecule has 0 N–H and O–H groups in total. The van der Waals surface area contributed by atoms with Crippen LogP contribution in [0.5, 0.6) is 0 Å². The average Bonchev–Trinajstić information content (AvgIpc) is 2.46. The van der Waals surface area contributed by atoms with Crippen molar-refractivity contribution in [3.05, 3.63) is 71.9 Å². The Hall–Kier alpha value is -1.89. The Bertz CT molecular complexity index is 524. The molecule has 16 heavy (non-hydrogen) atoms. The van der Waals surface area contributed by atoms with E-state index >= 15 is 0 Å². The van der Waals surface area contributed by atoms with E-state index in [2.05, 4.69) is 18.2 Å². The SMILES string of the molecule is O=C1C=CC=C2C=CC=CC23CC=CC=C13. The molecule has 1 spiro atoms. The first-order chi connectivity index (χ1) is 7.83. The summed E-state index contributed by atoms with van der Waals surface area (Å²) in [5.74, 6) is 0.121. The van der Waals surface area contributed by atoms with Gasteiger partial charge in [0.15, 0.2) is 5.78 Å². The van der Waals surface area contributed by atoms with E-state index < -0.39 is 0 Å². The molecule has 0 aromatic heterocycles. The highest BCUT2D eigenvalue weighted by molar-refractivity contribution is 6.07. The molecule has 3 aliphatic carbocycles. The number of ketones is 1. The normalized spacial score (nSPS) is 30.4. The standard InChI is InChI=1S/C15H12O/c16-14-9-5-7-12-6-1-3-10-15(12)11-4-2-8-13(14)15/h1-10H,11H2. The number of hydrogen-bond donors (Lipinski definition) is 0. The van der Waals surface area contributed by atoms with Gasteiger partial charge in [0.1, 0.15) is 0 Å². The molecule has 0 bridgehead atoms. The van der Waals surface area contributed by atoms with Gasteiger partial charge in [-0.2, -0.15) is 0 Å². The Balaban J connectivity index is 2.25. The molecule has 0 radical (unpaired) electrons. The number of rotatable bonds is 0. The van der Waals surface area contributed by atoms with Crippen molar-refractivity contribution < 1.29 is 4.79 Å². The van der Waals surface area contributed by atoms with Crippen molar-refractivity contribution in [2.24, 2.45) is 5.41 Å². The van der Waals surface area contributed by atoms with E-state index in [1.165, 1.54) is 5.57 Å². The van der Waals surface area contributed by atoms with E-state index in [0.717, 1.165) is 12.0 Å². The summed E-state index contributed by atoms with van der Waals surface area (Å²) in [6.07, 6.45) is 20.7. The number of hydrogen-bond acceptors (Lipinski definition) is 1. The van der Waals surface area contributed by atoms with Crippen LogP contribution in [0.2, 0.25) is 0 Å². The zero-order valence-electron chi connectivity index (χ0n) is 8.89. The minimum atomic E-state index is -0.218. The highest BCUT2D eigenvalue weighted by atomic mass is 16.1. The first-order valence-electron chi connectivity index (χ1n) is 5.49. The van der Waals surface area contributed by atoms with E-state index in [0.29, 0.717) is 0 Å². The Morgan fingerprint density at radius 3 is 2.88 bits per heavy atom. The third kappa shape index (κ3) is 1.15. The number of carbonyl (C=O) groups excluding carboxylic acids is 1. The second-order valence-corrected chi connectivity index (χ2v) is 4.25. The first kappa shape index (κ1) is 9.34. The summed E-state index contributed by atoms with van der Waals surface area (Å²) in [5, 5.41) is 0. The molecule has 1 heteroatoms. The van der Waals surface area contributed by atoms with Crippen LogP contribution in [0.25, 0.3) is 0 Å². The molecule has 0 saturated heterocycles. The maximum absolute atomic E-state index is 12.0. The fourth-order valence-electron chi connectivity index (χ4n) is 2.57. The highest BCUT2D eigenvalue weighted by Gasteiger charge is 2.38. The van der Waals surface area contributed by atoms with Gasteiger partial charge in [-0.15, -0.1) is 0 Å². The molecule has 1 nitrogen and oxygen atoms in total. The minimum Gasteiger partial charge on any atom is -0.290 e. The number of carbonyl (C=O) groups is 1. The molecule has 3 aliphatic rings. The van der Waals surface area contributed by atoms with E-state index in [-0.39, 0.29) is 11.2 Å². The minimum absolute atomic E-state index is 0.121. The van der Waals surface area contributed by atoms with Crippen LogP contribution >= 0.6 is 0 Å². The Morgan fingerprint density at radius 1 is 1.00 bits per heavy atom. The number of allylic oxidation sites excluding steroid dienone is 12. The molecule has 0 fully saturated rings. The van der Waals surface area contributed by atoms with Crippen LogP contribution in [0, 0.1) is 5.41 Å². The Kier molecular flexibility index (Phi) is 1.93. The Labute approximate surface area is 94.9 Å². The van der Waals surface area contributed by atoms with E-state index in [4.69, 9.17) is 0 Å². The fraction of sp³-hybridized carbons (Fsp3) is 0.133. The van der Waals surface area contributed by atoms with Crippen LogP contribution in [0.15, 0.2) is 71.9 Å². The van der Waals surface area contributed by atoms with Crippen LogP contribution in [0.1, 0.15) is 6.42 Å². The van der Waals surface area contributed by atoms with Crippen LogP contribution in [-0.2, 0) is 4.79 Å². The van der Waals surface area contributed by atoms with Gasteiger partial charge in [-0.25, -0.2) is 0 Å². The lowest BCUT2D eigenvalue weighted by Gasteiger charge is -2.35. The van der Waals surface area contributed by atoms with Crippen molar-refractivity contribution in [2.45, 2.75) is 6.42 Å². The highest BCUT2D eigenvalue weighted by Crippen LogP contribution is 2.46. The van der Waals surface area contributed by atoms with Crippen molar-refractivity contribution in [1.29, 1.82) is 0 Å². The summed E-state index contributed by atoms with van der Waals surface area (Å²) in [6.45, 7) is 0. The summed E-state index contributed by atoms with van der Waals surface area (Å²) >= 11 is 0. The summed E-state index contributed by atoms with van der Waals surface area (Å²) in [5.41, 5.74) is 1.87. The van der Waals surface area contributed by atoms with E-state index in [1.54, 1.807) is 6.08 Å². The molecular formula is C15H12O. The van der Waals surface area contributed by atoms with Crippen LogP contribution in [0.4, 0.5) is 0 Å². The average molecular weight is 208 g/mol. The van der Waals surface area contributed by atoms with Crippen molar-refractivity contribution >= 4 is 5.78 Å². The van der Waals surface area contributed by atoms with Gasteiger partial charge in [0.05, 0.1) is 0 Å². The largest absolute Gasteiger partial charge is 0.290 e.